The number of thiol groups is 1. The highest BCUT2D eigenvalue weighted by Crippen LogP contribution is 1.94. The van der Waals surface area contributed by atoms with Crippen LogP contribution in [0.4, 0.5) is 0 Å². The number of nitrogens with two attached hydrogens (primary N) is 2. The Bertz CT molecular complexity index is 202. The van der Waals surface area contributed by atoms with Gasteiger partial charge in [0.1, 0.15) is 11.8 Å². The first-order valence-electron chi connectivity index (χ1n) is 4.21. The number of hydrogen-bond acceptors (Lipinski definition) is 6. The Morgan fingerprint density at radius 2 is 1.87 bits per heavy atom. The maximum atomic E-state index is 10.4. The molecule has 0 spiro atoms. The fourth-order valence-electron chi connectivity index (χ4n) is 0.375. The lowest BCUT2D eigenvalue weighted by atomic mass is 10.3. The van der Waals surface area contributed by atoms with E-state index in [2.05, 4.69) is 12.6 Å². The Labute approximate surface area is 99.4 Å². The fraction of sp³-hybridized carbons (Fsp3) is 0.750. The molecule has 0 aromatic heterocycles. The Morgan fingerprint density at radius 3 is 1.93 bits per heavy atom. The molecule has 0 bridgehead atoms. The van der Waals surface area contributed by atoms with Crippen LogP contribution < -0.4 is 11.5 Å². The normalized spacial score (nSPS) is 13.4. The zero-order valence-corrected chi connectivity index (χ0v) is 10.6. The molecular weight excluding hydrogens is 236 g/mol. The molecule has 5 nitrogen and oxygen atoms in total. The quantitative estimate of drug-likeness (QED) is 0.497. The molecule has 0 saturated carbocycles. The minimum Gasteiger partial charge on any atom is -0.480 e. The lowest BCUT2D eigenvalue weighted by Crippen LogP contribution is -2.31. The topological polar surface area (TPSA) is 106 Å². The minimum atomic E-state index is -1.00. The highest BCUT2D eigenvalue weighted by atomic mass is 32.2. The molecule has 15 heavy (non-hydrogen) atoms. The van der Waals surface area contributed by atoms with Gasteiger partial charge in [0.15, 0.2) is 0 Å². The number of hydrogen-bond donors (Lipinski definition) is 4. The van der Waals surface area contributed by atoms with Crippen molar-refractivity contribution in [3.05, 3.63) is 0 Å². The monoisotopic (exact) mass is 254 g/mol. The zero-order chi connectivity index (χ0) is 12.4. The fourth-order valence-corrected chi connectivity index (χ4v) is 1.13. The molecule has 0 rings (SSSR count). The van der Waals surface area contributed by atoms with Crippen molar-refractivity contribution in [3.8, 4) is 0 Å². The van der Waals surface area contributed by atoms with Crippen molar-refractivity contribution in [3.63, 3.8) is 0 Å². The molecular formula is C8H18N2O3S2. The predicted octanol–water partition coefficient (Wildman–Crippen LogP) is -0.406. The predicted molar refractivity (Wildman–Crippen MR) is 66.5 cm³/mol. The molecule has 0 aliphatic carbocycles. The first kappa shape index (κ1) is 17.2. The number of carboxylic acids is 1. The summed E-state index contributed by atoms with van der Waals surface area (Å²) in [6.07, 6.45) is 1.93. The van der Waals surface area contributed by atoms with Crippen molar-refractivity contribution in [2.24, 2.45) is 11.5 Å². The first-order chi connectivity index (χ1) is 6.86. The van der Waals surface area contributed by atoms with Crippen LogP contribution in [-0.4, -0.2) is 46.7 Å². The van der Waals surface area contributed by atoms with E-state index in [1.165, 1.54) is 6.92 Å². The van der Waals surface area contributed by atoms with Crippen LogP contribution in [0.1, 0.15) is 6.92 Å². The van der Waals surface area contributed by atoms with E-state index in [4.69, 9.17) is 16.6 Å². The van der Waals surface area contributed by atoms with Gasteiger partial charge in [-0.2, -0.15) is 24.4 Å². The summed E-state index contributed by atoms with van der Waals surface area (Å²) < 4.78 is 0. The zero-order valence-electron chi connectivity index (χ0n) is 8.84. The van der Waals surface area contributed by atoms with Crippen molar-refractivity contribution >= 4 is 36.1 Å². The van der Waals surface area contributed by atoms with Gasteiger partial charge in [-0.15, -0.1) is 0 Å². The van der Waals surface area contributed by atoms with E-state index in [-0.39, 0.29) is 17.6 Å². The van der Waals surface area contributed by atoms with Crippen molar-refractivity contribution in [2.75, 3.05) is 17.8 Å². The second-order valence-electron chi connectivity index (χ2n) is 2.80. The number of aliphatic carboxylic acids is 1. The van der Waals surface area contributed by atoms with E-state index in [1.807, 2.05) is 6.26 Å². The van der Waals surface area contributed by atoms with Crippen LogP contribution in [0.2, 0.25) is 0 Å². The highest BCUT2D eigenvalue weighted by molar-refractivity contribution is 7.98. The summed E-state index contributed by atoms with van der Waals surface area (Å²) in [7, 11) is 0. The number of carboxylic acid groups (broad SMARTS) is 1. The van der Waals surface area contributed by atoms with Crippen LogP contribution in [0.15, 0.2) is 0 Å². The summed E-state index contributed by atoms with van der Waals surface area (Å²) >= 11 is 5.24. The third kappa shape index (κ3) is 11.7. The molecule has 0 aliphatic heterocycles. The molecule has 7 heteroatoms. The third-order valence-corrected chi connectivity index (χ3v) is 2.47. The van der Waals surface area contributed by atoms with Crippen LogP contribution in [0.5, 0.6) is 0 Å². The molecule has 90 valence electrons. The van der Waals surface area contributed by atoms with Gasteiger partial charge in [0, 0.05) is 11.5 Å². The van der Waals surface area contributed by atoms with E-state index in [0.717, 1.165) is 5.75 Å². The summed E-state index contributed by atoms with van der Waals surface area (Å²) in [6, 6.07) is -1.08. The van der Waals surface area contributed by atoms with Crippen molar-refractivity contribution < 1.29 is 14.7 Å². The van der Waals surface area contributed by atoms with E-state index in [9.17, 15) is 9.59 Å². The molecule has 2 atom stereocenters. The van der Waals surface area contributed by atoms with Gasteiger partial charge in [0.05, 0.1) is 6.04 Å². The van der Waals surface area contributed by atoms with Crippen LogP contribution in [0, 0.1) is 0 Å². The molecule has 0 amide bonds. The van der Waals surface area contributed by atoms with Crippen LogP contribution in [0.25, 0.3) is 0 Å². The van der Waals surface area contributed by atoms with Crippen molar-refractivity contribution in [1.82, 2.24) is 0 Å². The number of ketones is 1. The second kappa shape index (κ2) is 10.3. The largest absolute Gasteiger partial charge is 0.480 e. The standard InChI is InChI=1S/C5H11NOS.C3H7NO2S/c1-4(7)5(6)3-8-2;4-2(1-7)3(5)6/h5H,3,6H2,1-2H3;2,7H,1,4H2,(H,5,6)/t5-;2-/m00/s1. The third-order valence-electron chi connectivity index (χ3n) is 1.38. The van der Waals surface area contributed by atoms with Gasteiger partial charge in [-0.25, -0.2) is 0 Å². The average molecular weight is 254 g/mol. The number of rotatable bonds is 5. The Hall–Kier alpha value is -0.240. The molecule has 0 aromatic carbocycles. The van der Waals surface area contributed by atoms with Crippen LogP contribution in [-0.2, 0) is 9.59 Å². The van der Waals surface area contributed by atoms with E-state index in [1.54, 1.807) is 11.8 Å². The Morgan fingerprint density at radius 1 is 1.40 bits per heavy atom. The molecule has 0 aliphatic rings. The summed E-state index contributed by atoms with van der Waals surface area (Å²) in [5.74, 6) is -0.0145. The number of Topliss-reactive ketones (excluding diaryl/α,β-unsaturated/α-hetero) is 1. The van der Waals surface area contributed by atoms with Crippen LogP contribution >= 0.6 is 24.4 Å². The molecule has 0 radical (unpaired) electrons. The van der Waals surface area contributed by atoms with Gasteiger partial charge in [-0.05, 0) is 13.2 Å². The highest BCUT2D eigenvalue weighted by Gasteiger charge is 2.06. The molecule has 0 heterocycles. The maximum absolute atomic E-state index is 10.4. The number of carbonyl (C=O) groups excluding carboxylic acids is 1. The summed E-state index contributed by atoms with van der Waals surface area (Å²) in [5.41, 5.74) is 10.3. The lowest BCUT2D eigenvalue weighted by molar-refractivity contribution is -0.137. The summed E-state index contributed by atoms with van der Waals surface area (Å²) in [4.78, 5) is 20.2. The lowest BCUT2D eigenvalue weighted by Gasteiger charge is -2.02. The second-order valence-corrected chi connectivity index (χ2v) is 4.08. The maximum Gasteiger partial charge on any atom is 0.321 e. The van der Waals surface area contributed by atoms with Gasteiger partial charge < -0.3 is 16.6 Å². The minimum absolute atomic E-state index is 0.0688. The summed E-state index contributed by atoms with van der Waals surface area (Å²) in [5, 5.41) is 8.01. The van der Waals surface area contributed by atoms with Crippen molar-refractivity contribution in [1.29, 1.82) is 0 Å². The van der Waals surface area contributed by atoms with E-state index in [0.29, 0.717) is 0 Å². The number of carbonyl (C=O) groups is 2. The molecule has 0 aromatic rings. The Balaban J connectivity index is 0. The molecule has 0 fully saturated rings. The molecule has 5 N–H and O–H groups in total. The smallest absolute Gasteiger partial charge is 0.321 e. The van der Waals surface area contributed by atoms with Gasteiger partial charge in [0.25, 0.3) is 0 Å². The Kier molecular flexibility index (Phi) is 11.8. The van der Waals surface area contributed by atoms with Gasteiger partial charge in [0.2, 0.25) is 0 Å². The SMILES string of the molecule is CSC[C@H](N)C(C)=O.N[C@@H](CS)C(=O)O. The number of thioether (sulfide) groups is 1. The van der Waals surface area contributed by atoms with Crippen molar-refractivity contribution in [2.45, 2.75) is 19.0 Å². The van der Waals surface area contributed by atoms with E-state index < -0.39 is 12.0 Å². The average Bonchev–Trinajstić information content (AvgIpc) is 2.17. The molecule has 0 saturated heterocycles. The van der Waals surface area contributed by atoms with Gasteiger partial charge in [-0.3, -0.25) is 9.59 Å². The first-order valence-corrected chi connectivity index (χ1v) is 6.23. The van der Waals surface area contributed by atoms with Gasteiger partial charge >= 0.3 is 5.97 Å². The summed E-state index contributed by atoms with van der Waals surface area (Å²) in [6.45, 7) is 1.51. The van der Waals surface area contributed by atoms with E-state index >= 15 is 0 Å². The molecule has 0 unspecified atom stereocenters. The van der Waals surface area contributed by atoms with Gasteiger partial charge in [-0.1, -0.05) is 0 Å². The van der Waals surface area contributed by atoms with Crippen LogP contribution in [0.3, 0.4) is 0 Å².